The van der Waals surface area contributed by atoms with Gasteiger partial charge in [-0.05, 0) is 42.7 Å². The van der Waals surface area contributed by atoms with E-state index < -0.39 is 41.4 Å². The molecule has 0 aliphatic carbocycles. The van der Waals surface area contributed by atoms with Gasteiger partial charge in [0.25, 0.3) is 5.91 Å². The molecule has 3 atom stereocenters. The Kier molecular flexibility index (Phi) is 11.0. The zero-order valence-electron chi connectivity index (χ0n) is 26.3. The molecule has 2 aromatic carbocycles. The minimum Gasteiger partial charge on any atom is -0.492 e. The highest BCUT2D eigenvalue weighted by molar-refractivity contribution is 5.95. The van der Waals surface area contributed by atoms with Crippen LogP contribution in [0.5, 0.6) is 11.5 Å². The Bertz CT molecular complexity index is 1360. The van der Waals surface area contributed by atoms with E-state index in [1.165, 1.54) is 13.8 Å². The third-order valence-electron chi connectivity index (χ3n) is 8.14. The number of piperidine rings is 1. The van der Waals surface area contributed by atoms with Crippen molar-refractivity contribution in [3.63, 3.8) is 0 Å². The molecule has 12 heteroatoms. The zero-order valence-corrected chi connectivity index (χ0v) is 26.3. The number of amides is 5. The second kappa shape index (κ2) is 14.9. The number of likely N-dealkylation sites (tertiary alicyclic amines) is 1. The van der Waals surface area contributed by atoms with Crippen LogP contribution in [0.15, 0.2) is 54.6 Å². The summed E-state index contributed by atoms with van der Waals surface area (Å²) in [6.07, 6.45) is 0.699. The van der Waals surface area contributed by atoms with E-state index in [4.69, 9.17) is 9.47 Å². The Hall–Kier alpha value is -4.61. The number of fused-ring (bicyclic) bond motifs is 15. The molecule has 5 rings (SSSR count). The van der Waals surface area contributed by atoms with Gasteiger partial charge in [-0.2, -0.15) is 0 Å². The predicted octanol–water partition coefficient (Wildman–Crippen LogP) is 1.33. The van der Waals surface area contributed by atoms with Crippen molar-refractivity contribution in [3.8, 4) is 11.5 Å². The Morgan fingerprint density at radius 2 is 1.53 bits per heavy atom. The van der Waals surface area contributed by atoms with Gasteiger partial charge in [-0.15, -0.1) is 0 Å². The maximum atomic E-state index is 13.8. The minimum atomic E-state index is -1.33. The number of benzene rings is 2. The van der Waals surface area contributed by atoms with Gasteiger partial charge < -0.3 is 35.6 Å². The summed E-state index contributed by atoms with van der Waals surface area (Å²) in [5, 5.41) is 11.2. The molecule has 4 N–H and O–H groups in total. The topological polar surface area (TPSA) is 155 Å². The molecule has 0 radical (unpaired) electrons. The molecule has 3 aliphatic heterocycles. The Balaban J connectivity index is 1.60. The first-order valence-corrected chi connectivity index (χ1v) is 15.4. The van der Waals surface area contributed by atoms with Gasteiger partial charge in [-0.3, -0.25) is 24.0 Å². The fourth-order valence-electron chi connectivity index (χ4n) is 5.38. The van der Waals surface area contributed by atoms with Crippen molar-refractivity contribution >= 4 is 29.5 Å². The molecule has 1 fully saturated rings. The molecule has 3 aliphatic rings. The summed E-state index contributed by atoms with van der Waals surface area (Å²) in [4.78, 5) is 67.5. The quantitative estimate of drug-likeness (QED) is 0.377. The van der Waals surface area contributed by atoms with Gasteiger partial charge in [0.2, 0.25) is 23.6 Å². The van der Waals surface area contributed by atoms with Crippen LogP contribution in [0.3, 0.4) is 0 Å². The van der Waals surface area contributed by atoms with Crippen molar-refractivity contribution in [3.05, 3.63) is 60.2 Å². The third-order valence-corrected chi connectivity index (χ3v) is 8.14. The molecule has 5 amide bonds. The molecule has 45 heavy (non-hydrogen) atoms. The molecule has 242 valence electrons. The van der Waals surface area contributed by atoms with Crippen LogP contribution in [0, 0.1) is 5.92 Å². The lowest BCUT2D eigenvalue weighted by atomic mass is 9.89. The summed E-state index contributed by atoms with van der Waals surface area (Å²) < 4.78 is 12.1. The van der Waals surface area contributed by atoms with Crippen LogP contribution in [0.1, 0.15) is 46.1 Å². The van der Waals surface area contributed by atoms with E-state index in [0.717, 1.165) is 5.56 Å². The van der Waals surface area contributed by atoms with Crippen molar-refractivity contribution in [1.82, 2.24) is 26.2 Å². The molecule has 12 nitrogen and oxygen atoms in total. The normalized spacial score (nSPS) is 23.2. The molecular formula is C33H43N5O7. The average molecular weight is 622 g/mol. The summed E-state index contributed by atoms with van der Waals surface area (Å²) in [6.45, 7) is 7.58. The highest BCUT2D eigenvalue weighted by atomic mass is 16.5. The van der Waals surface area contributed by atoms with Gasteiger partial charge in [-0.1, -0.05) is 44.2 Å². The lowest BCUT2D eigenvalue weighted by Gasteiger charge is -2.40. The maximum Gasteiger partial charge on any atom is 0.264 e. The van der Waals surface area contributed by atoms with Gasteiger partial charge in [-0.25, -0.2) is 0 Å². The van der Waals surface area contributed by atoms with E-state index in [1.54, 1.807) is 43.0 Å². The van der Waals surface area contributed by atoms with Gasteiger partial charge in [0.15, 0.2) is 5.60 Å². The first-order chi connectivity index (χ1) is 21.5. The highest BCUT2D eigenvalue weighted by Gasteiger charge is 2.45. The Labute approximate surface area is 263 Å². The fourth-order valence-corrected chi connectivity index (χ4v) is 5.38. The molecule has 1 saturated heterocycles. The minimum absolute atomic E-state index is 0.0911. The highest BCUT2D eigenvalue weighted by Crippen LogP contribution is 2.31. The summed E-state index contributed by atoms with van der Waals surface area (Å²) >= 11 is 0. The van der Waals surface area contributed by atoms with Crippen LogP contribution in [-0.4, -0.2) is 84.4 Å². The summed E-state index contributed by atoms with van der Waals surface area (Å²) in [5.41, 5.74) is -0.469. The fraction of sp³-hybridized carbons (Fsp3) is 0.485. The number of carbonyl (C=O) groups is 5. The average Bonchev–Trinajstić information content (AvgIpc) is 3.02. The monoisotopic (exact) mass is 621 g/mol. The van der Waals surface area contributed by atoms with Crippen molar-refractivity contribution in [2.45, 2.75) is 70.7 Å². The van der Waals surface area contributed by atoms with E-state index in [0.29, 0.717) is 24.6 Å². The maximum absolute atomic E-state index is 13.8. The van der Waals surface area contributed by atoms with E-state index in [-0.39, 0.29) is 50.1 Å². The van der Waals surface area contributed by atoms with Crippen molar-refractivity contribution in [2.75, 3.05) is 26.2 Å². The SMILES string of the molecule is CC(=O)N1CCC2(CC1)Oc1ccc(cc1)OCCNC(=O)[C@H](Cc1ccccc1)NC(=O)[C@@H](C(C)C)NC(=O)[C@@H](C)NC2=O. The Morgan fingerprint density at radius 1 is 0.889 bits per heavy atom. The summed E-state index contributed by atoms with van der Waals surface area (Å²) in [6, 6.07) is 13.2. The molecule has 0 aromatic heterocycles. The number of hydrogen-bond donors (Lipinski definition) is 4. The number of rotatable bonds is 3. The zero-order chi connectivity index (χ0) is 32.6. The van der Waals surface area contributed by atoms with Crippen LogP contribution in [0.4, 0.5) is 0 Å². The second-order valence-electron chi connectivity index (χ2n) is 11.9. The number of nitrogens with zero attached hydrogens (tertiary/aromatic N) is 1. The standard InChI is InChI=1S/C33H43N5O7/c1-21(2)28-31(42)36-27(20-24-8-6-5-7-9-24)30(41)34-16-19-44-25-10-12-26(13-11-25)45-33(14-17-38(18-15-33)23(4)39)32(43)35-22(3)29(40)37-28/h5-13,21-22,27-28H,14-20H2,1-4H3,(H,34,41)(H,35,43)(H,36,42)(H,37,40)/t22-,27+,28-/m1/s1. The van der Waals surface area contributed by atoms with Gasteiger partial charge >= 0.3 is 0 Å². The second-order valence-corrected chi connectivity index (χ2v) is 11.9. The van der Waals surface area contributed by atoms with Gasteiger partial charge in [0.05, 0.1) is 6.54 Å². The molecule has 0 unspecified atom stereocenters. The first kappa shape index (κ1) is 33.3. The van der Waals surface area contributed by atoms with Crippen LogP contribution in [0.2, 0.25) is 0 Å². The van der Waals surface area contributed by atoms with E-state index in [9.17, 15) is 24.0 Å². The van der Waals surface area contributed by atoms with Crippen molar-refractivity contribution in [2.24, 2.45) is 5.92 Å². The molecular weight excluding hydrogens is 578 g/mol. The van der Waals surface area contributed by atoms with Crippen LogP contribution in [0.25, 0.3) is 0 Å². The van der Waals surface area contributed by atoms with Crippen molar-refractivity contribution < 1.29 is 33.4 Å². The molecule has 2 bridgehead atoms. The molecule has 3 heterocycles. The number of nitrogens with one attached hydrogen (secondary N) is 4. The third kappa shape index (κ3) is 8.74. The lowest BCUT2D eigenvalue weighted by molar-refractivity contribution is -0.147. The smallest absolute Gasteiger partial charge is 0.264 e. The van der Waals surface area contributed by atoms with Crippen molar-refractivity contribution in [1.29, 1.82) is 0 Å². The molecule has 2 aromatic rings. The van der Waals surface area contributed by atoms with E-state index in [2.05, 4.69) is 21.3 Å². The van der Waals surface area contributed by atoms with E-state index >= 15 is 0 Å². The number of carbonyl (C=O) groups excluding carboxylic acids is 5. The van der Waals surface area contributed by atoms with E-state index in [1.807, 2.05) is 30.3 Å². The summed E-state index contributed by atoms with van der Waals surface area (Å²) in [5.74, 6) is -1.41. The lowest BCUT2D eigenvalue weighted by Crippen LogP contribution is -2.62. The largest absolute Gasteiger partial charge is 0.492 e. The van der Waals surface area contributed by atoms with Gasteiger partial charge in [0.1, 0.15) is 36.2 Å². The number of ether oxygens (including phenoxy) is 2. The summed E-state index contributed by atoms with van der Waals surface area (Å²) in [7, 11) is 0. The number of hydrogen-bond acceptors (Lipinski definition) is 7. The molecule has 0 saturated carbocycles. The van der Waals surface area contributed by atoms with Gasteiger partial charge in [0, 0.05) is 39.3 Å². The molecule has 1 spiro atoms. The Morgan fingerprint density at radius 3 is 2.16 bits per heavy atom. The van der Waals surface area contributed by atoms with Crippen LogP contribution < -0.4 is 30.7 Å². The van der Waals surface area contributed by atoms with Crippen LogP contribution >= 0.6 is 0 Å². The first-order valence-electron chi connectivity index (χ1n) is 15.4. The predicted molar refractivity (Wildman–Crippen MR) is 166 cm³/mol. The van der Waals surface area contributed by atoms with Crippen LogP contribution in [-0.2, 0) is 30.4 Å².